The Morgan fingerprint density at radius 2 is 1.88 bits per heavy atom. The molecule has 1 fully saturated rings. The summed E-state index contributed by atoms with van der Waals surface area (Å²) in [5.74, 6) is 0. The molecule has 1 amide bonds. The molecular weight excluding hydrogens is 450 g/mol. The minimum atomic E-state index is -0.542. The third kappa shape index (κ3) is 4.23. The van der Waals surface area contributed by atoms with Crippen LogP contribution in [0.5, 0.6) is 0 Å². The fourth-order valence-corrected chi connectivity index (χ4v) is 4.51. The molecule has 0 bridgehead atoms. The molecule has 1 aliphatic rings. The molecule has 0 unspecified atom stereocenters. The second kappa shape index (κ2) is 8.40. The van der Waals surface area contributed by atoms with Crippen molar-refractivity contribution in [2.24, 2.45) is 0 Å². The van der Waals surface area contributed by atoms with Gasteiger partial charge >= 0.3 is 6.09 Å². The predicted octanol–water partition coefficient (Wildman–Crippen LogP) is 6.04. The molecule has 0 spiro atoms. The van der Waals surface area contributed by atoms with Crippen molar-refractivity contribution < 1.29 is 9.53 Å². The van der Waals surface area contributed by atoms with E-state index in [0.717, 1.165) is 47.3 Å². The van der Waals surface area contributed by atoms with Gasteiger partial charge in [0.25, 0.3) is 0 Å². The van der Waals surface area contributed by atoms with E-state index in [1.165, 1.54) is 0 Å². The van der Waals surface area contributed by atoms with Gasteiger partial charge in [0.2, 0.25) is 5.28 Å². The predicted molar refractivity (Wildman–Crippen MR) is 132 cm³/mol. The van der Waals surface area contributed by atoms with Gasteiger partial charge in [-0.2, -0.15) is 4.98 Å². The van der Waals surface area contributed by atoms with Crippen molar-refractivity contribution >= 4 is 28.7 Å². The van der Waals surface area contributed by atoms with Crippen LogP contribution in [0.25, 0.3) is 28.1 Å². The molecule has 0 aliphatic heterocycles. The van der Waals surface area contributed by atoms with Crippen molar-refractivity contribution in [2.45, 2.75) is 51.2 Å². The van der Waals surface area contributed by atoms with E-state index in [1.54, 1.807) is 12.4 Å². The van der Waals surface area contributed by atoms with Gasteiger partial charge in [-0.05, 0) is 87.5 Å². The Labute approximate surface area is 203 Å². The maximum absolute atomic E-state index is 12.5. The largest absolute Gasteiger partial charge is 0.444 e. The van der Waals surface area contributed by atoms with Gasteiger partial charge in [0.05, 0.1) is 16.9 Å². The molecule has 0 radical (unpaired) electrons. The van der Waals surface area contributed by atoms with Gasteiger partial charge in [0.15, 0.2) is 0 Å². The van der Waals surface area contributed by atoms with Crippen LogP contribution in [0.3, 0.4) is 0 Å². The second-order valence-corrected chi connectivity index (χ2v) is 9.95. The Morgan fingerprint density at radius 1 is 1.12 bits per heavy atom. The molecule has 1 N–H and O–H groups in total. The first-order chi connectivity index (χ1) is 16.2. The van der Waals surface area contributed by atoms with Crippen molar-refractivity contribution in [3.8, 4) is 17.1 Å². The standard InChI is InChI=1S/C26H26ClN5O2/c1-25(2,3)34-24(33)31-26(12-6-13-26)18-8-10-19(11-9-18)32-21(20-7-4-5-14-28-20)15-17-16-29-23(27)30-22(17)32/h4-5,7-11,14-16H,6,12-13H2,1-3H3,(H,31,33). The van der Waals surface area contributed by atoms with Crippen LogP contribution in [0.2, 0.25) is 5.28 Å². The van der Waals surface area contributed by atoms with E-state index in [-0.39, 0.29) is 5.28 Å². The number of nitrogens with one attached hydrogen (secondary N) is 1. The Morgan fingerprint density at radius 3 is 2.50 bits per heavy atom. The average Bonchev–Trinajstić information content (AvgIpc) is 3.14. The molecule has 174 valence electrons. The number of rotatable bonds is 4. The van der Waals surface area contributed by atoms with E-state index in [1.807, 2.05) is 61.7 Å². The highest BCUT2D eigenvalue weighted by molar-refractivity contribution is 6.28. The molecule has 0 saturated heterocycles. The number of fused-ring (bicyclic) bond motifs is 1. The fraction of sp³-hybridized carbons (Fsp3) is 0.308. The van der Waals surface area contributed by atoms with Gasteiger partial charge in [-0.3, -0.25) is 9.55 Å². The number of carbonyl (C=O) groups is 1. The van der Waals surface area contributed by atoms with E-state index < -0.39 is 17.2 Å². The molecular formula is C26H26ClN5O2. The van der Waals surface area contributed by atoms with Gasteiger partial charge in [-0.25, -0.2) is 9.78 Å². The van der Waals surface area contributed by atoms with Crippen LogP contribution >= 0.6 is 11.6 Å². The summed E-state index contributed by atoms with van der Waals surface area (Å²) in [5.41, 5.74) is 3.44. The van der Waals surface area contributed by atoms with E-state index in [2.05, 4.69) is 32.4 Å². The van der Waals surface area contributed by atoms with Crippen molar-refractivity contribution in [1.82, 2.24) is 24.8 Å². The zero-order valence-electron chi connectivity index (χ0n) is 19.4. The molecule has 3 heterocycles. The summed E-state index contributed by atoms with van der Waals surface area (Å²) in [4.78, 5) is 25.7. The molecule has 0 atom stereocenters. The lowest BCUT2D eigenvalue weighted by Gasteiger charge is -2.43. The van der Waals surface area contributed by atoms with Gasteiger partial charge in [-0.15, -0.1) is 0 Å². The Hall–Kier alpha value is -3.45. The van der Waals surface area contributed by atoms with Crippen LogP contribution < -0.4 is 5.32 Å². The second-order valence-electron chi connectivity index (χ2n) is 9.61. The van der Waals surface area contributed by atoms with E-state index in [4.69, 9.17) is 16.3 Å². The summed E-state index contributed by atoms with van der Waals surface area (Å²) in [6, 6.07) is 16.0. The minimum Gasteiger partial charge on any atom is -0.444 e. The third-order valence-corrected chi connectivity index (χ3v) is 6.25. The lowest BCUT2D eigenvalue weighted by Crippen LogP contribution is -2.52. The molecule has 1 aromatic carbocycles. The number of ether oxygens (including phenoxy) is 1. The van der Waals surface area contributed by atoms with E-state index in [0.29, 0.717) is 5.65 Å². The summed E-state index contributed by atoms with van der Waals surface area (Å²) in [6.45, 7) is 5.60. The molecule has 5 rings (SSSR count). The number of aromatic nitrogens is 4. The van der Waals surface area contributed by atoms with Crippen LogP contribution in [-0.2, 0) is 10.3 Å². The highest BCUT2D eigenvalue weighted by Crippen LogP contribution is 2.42. The average molecular weight is 476 g/mol. The van der Waals surface area contributed by atoms with Crippen molar-refractivity contribution in [1.29, 1.82) is 0 Å². The third-order valence-electron chi connectivity index (χ3n) is 6.06. The maximum atomic E-state index is 12.5. The van der Waals surface area contributed by atoms with Crippen molar-refractivity contribution in [3.63, 3.8) is 0 Å². The first-order valence-electron chi connectivity index (χ1n) is 11.3. The minimum absolute atomic E-state index is 0.186. The number of pyridine rings is 1. The van der Waals surface area contributed by atoms with Gasteiger partial charge < -0.3 is 10.1 Å². The molecule has 4 aromatic rings. The smallest absolute Gasteiger partial charge is 0.408 e. The van der Waals surface area contributed by atoms with Crippen LogP contribution in [0.15, 0.2) is 60.9 Å². The summed E-state index contributed by atoms with van der Waals surface area (Å²) in [7, 11) is 0. The maximum Gasteiger partial charge on any atom is 0.408 e. The zero-order chi connectivity index (χ0) is 23.9. The molecule has 1 aliphatic carbocycles. The highest BCUT2D eigenvalue weighted by atomic mass is 35.5. The summed E-state index contributed by atoms with van der Waals surface area (Å²) in [5, 5.41) is 4.17. The molecule has 7 nitrogen and oxygen atoms in total. The van der Waals surface area contributed by atoms with Crippen LogP contribution in [0, 0.1) is 0 Å². The van der Waals surface area contributed by atoms with Gasteiger partial charge in [0, 0.05) is 23.5 Å². The number of nitrogens with zero attached hydrogens (tertiary/aromatic N) is 4. The number of carbonyl (C=O) groups excluding carboxylic acids is 1. The fourth-order valence-electron chi connectivity index (χ4n) is 4.38. The van der Waals surface area contributed by atoms with Crippen molar-refractivity contribution in [3.05, 3.63) is 71.8 Å². The summed E-state index contributed by atoms with van der Waals surface area (Å²) in [6.07, 6.45) is 5.90. The first kappa shape index (κ1) is 22.3. The number of halogens is 1. The van der Waals surface area contributed by atoms with Crippen LogP contribution in [0.4, 0.5) is 4.79 Å². The zero-order valence-corrected chi connectivity index (χ0v) is 20.1. The lowest BCUT2D eigenvalue weighted by atomic mass is 9.72. The van der Waals surface area contributed by atoms with E-state index in [9.17, 15) is 4.79 Å². The lowest BCUT2D eigenvalue weighted by molar-refractivity contribution is 0.0377. The topological polar surface area (TPSA) is 81.9 Å². The summed E-state index contributed by atoms with van der Waals surface area (Å²) < 4.78 is 7.54. The normalized spacial score (nSPS) is 15.1. The Kier molecular flexibility index (Phi) is 5.52. The van der Waals surface area contributed by atoms with Crippen molar-refractivity contribution in [2.75, 3.05) is 0 Å². The van der Waals surface area contributed by atoms with Gasteiger partial charge in [-0.1, -0.05) is 18.2 Å². The number of benzene rings is 1. The number of hydrogen-bond acceptors (Lipinski definition) is 5. The number of alkyl carbamates (subject to hydrolysis) is 1. The monoisotopic (exact) mass is 475 g/mol. The summed E-state index contributed by atoms with van der Waals surface area (Å²) >= 11 is 6.14. The number of amides is 1. The number of hydrogen-bond donors (Lipinski definition) is 1. The Balaban J connectivity index is 1.53. The van der Waals surface area contributed by atoms with Crippen LogP contribution in [0.1, 0.15) is 45.6 Å². The molecule has 34 heavy (non-hydrogen) atoms. The first-order valence-corrected chi connectivity index (χ1v) is 11.7. The Bertz CT molecular complexity index is 1340. The van der Waals surface area contributed by atoms with Crippen LogP contribution in [-0.4, -0.2) is 31.2 Å². The van der Waals surface area contributed by atoms with E-state index >= 15 is 0 Å². The van der Waals surface area contributed by atoms with Gasteiger partial charge in [0.1, 0.15) is 11.2 Å². The molecule has 1 saturated carbocycles. The molecule has 8 heteroatoms. The molecule has 3 aromatic heterocycles. The highest BCUT2D eigenvalue weighted by Gasteiger charge is 2.41. The SMILES string of the molecule is CC(C)(C)OC(=O)NC1(c2ccc(-n3c(-c4ccccn4)cc4cnc(Cl)nc43)cc2)CCC1. The quantitative estimate of drug-likeness (QED) is 0.364.